The number of amides is 1. The first-order chi connectivity index (χ1) is 10.9. The number of nitrogens with zero attached hydrogens (tertiary/aromatic N) is 2. The number of aryl methyl sites for hydroxylation is 1. The van der Waals surface area contributed by atoms with Gasteiger partial charge in [0, 0.05) is 13.0 Å². The molecular formula is C17H21FN4O. The van der Waals surface area contributed by atoms with Crippen LogP contribution in [-0.4, -0.2) is 28.8 Å². The first-order valence-electron chi connectivity index (χ1n) is 8.04. The molecule has 1 aliphatic carbocycles. The molecule has 1 amide bonds. The van der Waals surface area contributed by atoms with E-state index in [1.165, 1.54) is 6.07 Å². The second kappa shape index (κ2) is 4.77. The molecule has 2 N–H and O–H groups in total. The van der Waals surface area contributed by atoms with Gasteiger partial charge in [-0.2, -0.15) is 5.10 Å². The van der Waals surface area contributed by atoms with Crippen molar-refractivity contribution in [3.8, 4) is 0 Å². The van der Waals surface area contributed by atoms with Crippen LogP contribution in [0, 0.1) is 23.6 Å². The molecule has 2 aliphatic rings. The number of hydrogen-bond donors (Lipinski definition) is 2. The van der Waals surface area contributed by atoms with Crippen molar-refractivity contribution in [1.82, 2.24) is 20.4 Å². The zero-order valence-corrected chi connectivity index (χ0v) is 13.6. The number of rotatable bonds is 3. The highest BCUT2D eigenvalue weighted by molar-refractivity contribution is 5.86. The van der Waals surface area contributed by atoms with Gasteiger partial charge in [0.1, 0.15) is 5.82 Å². The Kier molecular flexibility index (Phi) is 3.04. The molecule has 1 aromatic heterocycles. The Balaban J connectivity index is 1.65. The summed E-state index contributed by atoms with van der Waals surface area (Å²) in [4.78, 5) is 12.6. The molecule has 5 nitrogen and oxygen atoms in total. The summed E-state index contributed by atoms with van der Waals surface area (Å²) in [6, 6.07) is 4.94. The third kappa shape index (κ3) is 2.16. The van der Waals surface area contributed by atoms with Gasteiger partial charge in [-0.3, -0.25) is 9.48 Å². The number of fused-ring (bicyclic) bond motifs is 2. The molecule has 1 saturated heterocycles. The molecular weight excluding hydrogens is 295 g/mol. The van der Waals surface area contributed by atoms with Crippen LogP contribution < -0.4 is 10.6 Å². The second-order valence-corrected chi connectivity index (χ2v) is 7.23. The fraction of sp³-hybridized carbons (Fsp3) is 0.529. The lowest BCUT2D eigenvalue weighted by atomic mass is 9.96. The Morgan fingerprint density at radius 1 is 1.39 bits per heavy atom. The van der Waals surface area contributed by atoms with Crippen LogP contribution in [0.25, 0.3) is 10.9 Å². The van der Waals surface area contributed by atoms with E-state index in [-0.39, 0.29) is 17.6 Å². The van der Waals surface area contributed by atoms with Crippen LogP contribution in [0.15, 0.2) is 18.2 Å². The van der Waals surface area contributed by atoms with Crippen LogP contribution in [0.2, 0.25) is 0 Å². The minimum absolute atomic E-state index is 0.0571. The van der Waals surface area contributed by atoms with E-state index in [1.807, 2.05) is 19.9 Å². The van der Waals surface area contributed by atoms with Crippen LogP contribution in [0.4, 0.5) is 4.39 Å². The van der Waals surface area contributed by atoms with Crippen LogP contribution in [0.1, 0.15) is 19.5 Å². The molecule has 23 heavy (non-hydrogen) atoms. The number of carbonyl (C=O) groups is 1. The smallest absolute Gasteiger partial charge is 0.224 e. The third-order valence-electron chi connectivity index (χ3n) is 5.25. The molecule has 3 atom stereocenters. The highest BCUT2D eigenvalue weighted by Gasteiger charge is 2.57. The number of hydrogen-bond acceptors (Lipinski definition) is 3. The van der Waals surface area contributed by atoms with E-state index >= 15 is 0 Å². The summed E-state index contributed by atoms with van der Waals surface area (Å²) >= 11 is 0. The molecule has 2 unspecified atom stereocenters. The zero-order chi connectivity index (χ0) is 16.4. The lowest BCUT2D eigenvalue weighted by Crippen LogP contribution is -2.43. The number of carbonyl (C=O) groups excluding carboxylic acids is 1. The Morgan fingerprint density at radius 2 is 2.09 bits per heavy atom. The van der Waals surface area contributed by atoms with Gasteiger partial charge >= 0.3 is 0 Å². The standard InChI is InChI=1S/C17H21FN4O/c1-17(2,20-16(23)13-9-7-19-8-10(9)13)15-14-11(18)5-4-6-12(14)22(3)21-15/h4-6,9-10,13,19H,7-8H2,1-3H3,(H,20,23)/t9-,10?,13?/m0/s1. The first-order valence-corrected chi connectivity index (χ1v) is 8.04. The zero-order valence-electron chi connectivity index (χ0n) is 13.6. The van der Waals surface area contributed by atoms with Gasteiger partial charge in [0.25, 0.3) is 0 Å². The maximum Gasteiger partial charge on any atom is 0.224 e. The van der Waals surface area contributed by atoms with E-state index in [1.54, 1.807) is 17.8 Å². The van der Waals surface area contributed by atoms with Crippen LogP contribution >= 0.6 is 0 Å². The average molecular weight is 316 g/mol. The van der Waals surface area contributed by atoms with E-state index < -0.39 is 5.54 Å². The molecule has 0 bridgehead atoms. The quantitative estimate of drug-likeness (QED) is 0.903. The van der Waals surface area contributed by atoms with Gasteiger partial charge in [0.05, 0.1) is 22.1 Å². The van der Waals surface area contributed by atoms with Crippen LogP contribution in [-0.2, 0) is 17.4 Å². The van der Waals surface area contributed by atoms with Crippen molar-refractivity contribution in [2.75, 3.05) is 13.1 Å². The molecule has 6 heteroatoms. The molecule has 4 rings (SSSR count). The van der Waals surface area contributed by atoms with Gasteiger partial charge in [-0.15, -0.1) is 0 Å². The van der Waals surface area contributed by atoms with Gasteiger partial charge in [-0.05, 0) is 50.9 Å². The minimum atomic E-state index is -0.719. The summed E-state index contributed by atoms with van der Waals surface area (Å²) in [5, 5.41) is 11.3. The van der Waals surface area contributed by atoms with Crippen molar-refractivity contribution in [2.45, 2.75) is 19.4 Å². The van der Waals surface area contributed by atoms with E-state index in [9.17, 15) is 9.18 Å². The average Bonchev–Trinajstić information content (AvgIpc) is 2.81. The Hall–Kier alpha value is -1.95. The second-order valence-electron chi connectivity index (χ2n) is 7.23. The maximum absolute atomic E-state index is 14.3. The number of aromatic nitrogens is 2. The van der Waals surface area contributed by atoms with Crippen molar-refractivity contribution in [2.24, 2.45) is 24.8 Å². The molecule has 2 heterocycles. The van der Waals surface area contributed by atoms with Crippen molar-refractivity contribution < 1.29 is 9.18 Å². The third-order valence-corrected chi connectivity index (χ3v) is 5.25. The van der Waals surface area contributed by atoms with Crippen LogP contribution in [0.3, 0.4) is 0 Å². The summed E-state index contributed by atoms with van der Waals surface area (Å²) in [5.74, 6) is 0.767. The molecule has 0 radical (unpaired) electrons. The van der Waals surface area contributed by atoms with Gasteiger partial charge in [-0.25, -0.2) is 4.39 Å². The number of benzene rings is 1. The van der Waals surface area contributed by atoms with Gasteiger partial charge in [-0.1, -0.05) is 6.07 Å². The topological polar surface area (TPSA) is 59.0 Å². The van der Waals surface area contributed by atoms with Crippen molar-refractivity contribution >= 4 is 16.8 Å². The molecule has 1 aromatic carbocycles. The van der Waals surface area contributed by atoms with Crippen molar-refractivity contribution in [3.05, 3.63) is 29.7 Å². The molecule has 0 spiro atoms. The van der Waals surface area contributed by atoms with Crippen LogP contribution in [0.5, 0.6) is 0 Å². The summed E-state index contributed by atoms with van der Waals surface area (Å²) in [6.07, 6.45) is 0. The number of halogens is 1. The summed E-state index contributed by atoms with van der Waals surface area (Å²) in [7, 11) is 1.79. The van der Waals surface area contributed by atoms with Gasteiger partial charge in [0.2, 0.25) is 5.91 Å². The lowest BCUT2D eigenvalue weighted by Gasteiger charge is -2.25. The highest BCUT2D eigenvalue weighted by Crippen LogP contribution is 2.49. The maximum atomic E-state index is 14.3. The van der Waals surface area contributed by atoms with Gasteiger partial charge < -0.3 is 10.6 Å². The summed E-state index contributed by atoms with van der Waals surface area (Å²) in [5.41, 5.74) is 0.587. The van der Waals surface area contributed by atoms with Crippen molar-refractivity contribution in [3.63, 3.8) is 0 Å². The fourth-order valence-electron chi connectivity index (χ4n) is 3.97. The Bertz CT molecular complexity index is 787. The SMILES string of the molecule is Cn1nc(C(C)(C)NC(=O)C2C3CNC[C@@H]32)c2c(F)cccc21. The predicted molar refractivity (Wildman–Crippen MR) is 85.2 cm³/mol. The van der Waals surface area contributed by atoms with E-state index in [2.05, 4.69) is 15.7 Å². The largest absolute Gasteiger partial charge is 0.345 e. The normalized spacial score (nSPS) is 26.3. The summed E-state index contributed by atoms with van der Waals surface area (Å²) < 4.78 is 16.0. The van der Waals surface area contributed by atoms with Crippen molar-refractivity contribution in [1.29, 1.82) is 0 Å². The molecule has 122 valence electrons. The molecule has 2 aromatic rings. The lowest BCUT2D eigenvalue weighted by molar-refractivity contribution is -0.124. The highest BCUT2D eigenvalue weighted by atomic mass is 19.1. The predicted octanol–water partition coefficient (Wildman–Crippen LogP) is 1.53. The van der Waals surface area contributed by atoms with E-state index in [4.69, 9.17) is 0 Å². The van der Waals surface area contributed by atoms with Gasteiger partial charge in [0.15, 0.2) is 0 Å². The molecule has 1 aliphatic heterocycles. The van der Waals surface area contributed by atoms with E-state index in [0.717, 1.165) is 18.6 Å². The number of piperidine rings is 1. The number of nitrogens with one attached hydrogen (secondary N) is 2. The summed E-state index contributed by atoms with van der Waals surface area (Å²) in [6.45, 7) is 5.61. The minimum Gasteiger partial charge on any atom is -0.345 e. The molecule has 1 saturated carbocycles. The Labute approximate surface area is 134 Å². The Morgan fingerprint density at radius 3 is 2.78 bits per heavy atom. The monoisotopic (exact) mass is 316 g/mol. The van der Waals surface area contributed by atoms with E-state index in [0.29, 0.717) is 22.9 Å². The molecule has 2 fully saturated rings. The first kappa shape index (κ1) is 14.6. The fourth-order valence-corrected chi connectivity index (χ4v) is 3.97.